The molecule has 9 nitrogen and oxygen atoms in total. The maximum absolute atomic E-state index is 12.9. The van der Waals surface area contributed by atoms with Crippen LogP contribution in [-0.2, 0) is 25.5 Å². The Hall–Kier alpha value is -3.04. The van der Waals surface area contributed by atoms with Crippen molar-refractivity contribution in [2.45, 2.75) is 50.9 Å². The number of phenols is 2. The third kappa shape index (κ3) is 5.71. The zero-order valence-electron chi connectivity index (χ0n) is 18.8. The minimum absolute atomic E-state index is 0.0651. The van der Waals surface area contributed by atoms with Gasteiger partial charge in [0.25, 0.3) is 5.91 Å². The van der Waals surface area contributed by atoms with Crippen LogP contribution in [0, 0.1) is 0 Å². The van der Waals surface area contributed by atoms with E-state index in [0.717, 1.165) is 18.9 Å². The molecular formula is C24H27ClN2O7. The van der Waals surface area contributed by atoms with E-state index in [1.54, 1.807) is 30.1 Å². The first-order valence-electron chi connectivity index (χ1n) is 11.2. The lowest BCUT2D eigenvalue weighted by molar-refractivity contribution is -0.135. The number of likely N-dealkylation sites (tertiary alicyclic amines) is 1. The molecule has 3 heterocycles. The lowest BCUT2D eigenvalue weighted by Gasteiger charge is -2.17. The molecule has 2 N–H and O–H groups in total. The number of esters is 1. The summed E-state index contributed by atoms with van der Waals surface area (Å²) in [5, 5.41) is 24.6. The number of hydrogen-bond donors (Lipinski definition) is 2. The maximum atomic E-state index is 12.9. The van der Waals surface area contributed by atoms with Crippen molar-refractivity contribution >= 4 is 29.2 Å². The van der Waals surface area contributed by atoms with E-state index >= 15 is 0 Å². The highest BCUT2D eigenvalue weighted by molar-refractivity contribution is 6.33. The Labute approximate surface area is 202 Å². The first-order valence-corrected chi connectivity index (χ1v) is 11.6. The molecule has 3 atom stereocenters. The van der Waals surface area contributed by atoms with E-state index in [9.17, 15) is 19.8 Å². The van der Waals surface area contributed by atoms with Crippen LogP contribution >= 0.6 is 11.6 Å². The number of phenolic OH excluding ortho intramolecular Hbond substituents is 2. The average molecular weight is 491 g/mol. The second-order valence-electron chi connectivity index (χ2n) is 8.54. The largest absolute Gasteiger partial charge is 0.507 e. The first kappa shape index (κ1) is 24.1. The molecule has 182 valence electrons. The second kappa shape index (κ2) is 10.5. The van der Waals surface area contributed by atoms with Gasteiger partial charge < -0.3 is 29.4 Å². The molecule has 0 bridgehead atoms. The SMILES string of the molecule is C[C@@H]1C[C@H]2O[C@@H]2/C=C/C=C/C(=N\OCC(=O)N2CCCC2)Cc2c(Cl)c(O)cc(O)c2C(=O)O1. The van der Waals surface area contributed by atoms with Crippen LogP contribution in [0.5, 0.6) is 11.5 Å². The number of amides is 1. The maximum Gasteiger partial charge on any atom is 0.342 e. The molecule has 4 rings (SSSR count). The summed E-state index contributed by atoms with van der Waals surface area (Å²) in [6.45, 7) is 2.92. The fourth-order valence-corrected chi connectivity index (χ4v) is 4.30. The molecule has 10 heteroatoms. The van der Waals surface area contributed by atoms with E-state index in [2.05, 4.69) is 5.16 Å². The molecule has 0 saturated carbocycles. The highest BCUT2D eigenvalue weighted by Crippen LogP contribution is 2.38. The number of nitrogens with zero attached hydrogens (tertiary/aromatic N) is 2. The quantitative estimate of drug-likeness (QED) is 0.379. The Morgan fingerprint density at radius 1 is 1.26 bits per heavy atom. The van der Waals surface area contributed by atoms with E-state index < -0.39 is 17.8 Å². The molecule has 0 spiro atoms. The molecule has 1 aromatic rings. The Kier molecular flexibility index (Phi) is 7.43. The van der Waals surface area contributed by atoms with Crippen LogP contribution in [0.2, 0.25) is 5.02 Å². The van der Waals surface area contributed by atoms with Crippen LogP contribution in [0.15, 0.2) is 35.5 Å². The van der Waals surface area contributed by atoms with Gasteiger partial charge in [-0.2, -0.15) is 0 Å². The Balaban J connectivity index is 1.63. The third-order valence-electron chi connectivity index (χ3n) is 5.91. The molecule has 0 aromatic heterocycles. The van der Waals surface area contributed by atoms with Gasteiger partial charge in [0.15, 0.2) is 6.61 Å². The molecular weight excluding hydrogens is 464 g/mol. The van der Waals surface area contributed by atoms with Crippen molar-refractivity contribution in [3.63, 3.8) is 0 Å². The predicted molar refractivity (Wildman–Crippen MR) is 124 cm³/mol. The van der Waals surface area contributed by atoms with Gasteiger partial charge in [-0.3, -0.25) is 4.79 Å². The van der Waals surface area contributed by atoms with Gasteiger partial charge in [0, 0.05) is 32.0 Å². The van der Waals surface area contributed by atoms with Crippen molar-refractivity contribution in [1.82, 2.24) is 4.90 Å². The van der Waals surface area contributed by atoms with Crippen LogP contribution in [0.1, 0.15) is 42.1 Å². The predicted octanol–water partition coefficient (Wildman–Crippen LogP) is 3.12. The molecule has 1 amide bonds. The van der Waals surface area contributed by atoms with Crippen molar-refractivity contribution < 1.29 is 34.1 Å². The number of ether oxygens (including phenoxy) is 2. The number of carbonyl (C=O) groups is 2. The van der Waals surface area contributed by atoms with Crippen molar-refractivity contribution in [3.8, 4) is 11.5 Å². The second-order valence-corrected chi connectivity index (χ2v) is 8.92. The number of cyclic esters (lactones) is 1. The monoisotopic (exact) mass is 490 g/mol. The summed E-state index contributed by atoms with van der Waals surface area (Å²) in [5.41, 5.74) is 0.291. The highest BCUT2D eigenvalue weighted by Gasteiger charge is 2.38. The van der Waals surface area contributed by atoms with Crippen LogP contribution in [0.4, 0.5) is 0 Å². The van der Waals surface area contributed by atoms with Crippen LogP contribution in [-0.4, -0.2) is 70.7 Å². The van der Waals surface area contributed by atoms with Crippen molar-refractivity contribution in [1.29, 1.82) is 0 Å². The molecule has 0 unspecified atom stereocenters. The van der Waals surface area contributed by atoms with Gasteiger partial charge in [0.1, 0.15) is 29.3 Å². The average Bonchev–Trinajstić information content (AvgIpc) is 3.27. The number of allylic oxidation sites excluding steroid dienone is 3. The molecule has 2 fully saturated rings. The summed E-state index contributed by atoms with van der Waals surface area (Å²) in [6.07, 6.45) is 8.81. The first-order chi connectivity index (χ1) is 16.3. The summed E-state index contributed by atoms with van der Waals surface area (Å²) in [7, 11) is 0. The zero-order valence-corrected chi connectivity index (χ0v) is 19.5. The van der Waals surface area contributed by atoms with Gasteiger partial charge in [0.2, 0.25) is 0 Å². The van der Waals surface area contributed by atoms with Crippen molar-refractivity contribution in [2.75, 3.05) is 19.7 Å². The van der Waals surface area contributed by atoms with Gasteiger partial charge in [-0.25, -0.2) is 4.79 Å². The van der Waals surface area contributed by atoms with E-state index in [4.69, 9.17) is 25.9 Å². The van der Waals surface area contributed by atoms with E-state index in [-0.39, 0.29) is 53.0 Å². The van der Waals surface area contributed by atoms with Crippen LogP contribution in [0.25, 0.3) is 0 Å². The fourth-order valence-electron chi connectivity index (χ4n) is 4.08. The van der Waals surface area contributed by atoms with E-state index in [1.165, 1.54) is 0 Å². The zero-order chi connectivity index (χ0) is 24.2. The number of fused-ring (bicyclic) bond motifs is 2. The van der Waals surface area contributed by atoms with Crippen molar-refractivity contribution in [3.05, 3.63) is 46.5 Å². The Bertz CT molecular complexity index is 1050. The molecule has 0 radical (unpaired) electrons. The normalized spacial score (nSPS) is 27.8. The van der Waals surface area contributed by atoms with Crippen LogP contribution in [0.3, 0.4) is 0 Å². The van der Waals surface area contributed by atoms with Gasteiger partial charge in [0.05, 0.1) is 16.8 Å². The van der Waals surface area contributed by atoms with E-state index in [1.807, 2.05) is 6.08 Å². The molecule has 3 aliphatic rings. The molecule has 1 aromatic carbocycles. The van der Waals surface area contributed by atoms with Gasteiger partial charge in [-0.1, -0.05) is 35.0 Å². The lowest BCUT2D eigenvalue weighted by atomic mass is 9.99. The summed E-state index contributed by atoms with van der Waals surface area (Å²) in [4.78, 5) is 32.2. The van der Waals surface area contributed by atoms with Gasteiger partial charge >= 0.3 is 5.97 Å². The molecule has 0 aliphatic carbocycles. The summed E-state index contributed by atoms with van der Waals surface area (Å²) in [6, 6.07) is 0.997. The summed E-state index contributed by atoms with van der Waals surface area (Å²) in [5.74, 6) is -1.78. The Morgan fingerprint density at radius 2 is 2.03 bits per heavy atom. The van der Waals surface area contributed by atoms with E-state index in [0.29, 0.717) is 25.2 Å². The van der Waals surface area contributed by atoms with Crippen molar-refractivity contribution in [2.24, 2.45) is 5.16 Å². The number of benzene rings is 1. The minimum Gasteiger partial charge on any atom is -0.507 e. The summed E-state index contributed by atoms with van der Waals surface area (Å²) >= 11 is 6.32. The Morgan fingerprint density at radius 3 is 2.79 bits per heavy atom. The molecule has 34 heavy (non-hydrogen) atoms. The number of rotatable bonds is 3. The molecule has 2 saturated heterocycles. The standard InChI is InChI=1S/C24H27ClN2O7/c1-14-10-20-19(34-20)7-3-2-6-15(26-32-13-21(30)27-8-4-5-9-27)11-16-22(24(31)33-14)17(28)12-18(29)23(16)25/h2-3,6-7,12,14,19-20,28-29H,4-5,8-11,13H2,1H3/b6-2+,7-3+,26-15+/t14-,19-,20-/m1/s1. The number of epoxide rings is 1. The molecule has 3 aliphatic heterocycles. The third-order valence-corrected chi connectivity index (χ3v) is 6.33. The lowest BCUT2D eigenvalue weighted by Crippen LogP contribution is -2.30. The topological polar surface area (TPSA) is 121 Å². The number of oxime groups is 1. The van der Waals surface area contributed by atoms with Gasteiger partial charge in [-0.05, 0) is 31.4 Å². The minimum atomic E-state index is -0.778. The number of carbonyl (C=O) groups excluding carboxylic acids is 2. The number of aromatic hydroxyl groups is 2. The fraction of sp³-hybridized carbons (Fsp3) is 0.458. The van der Waals surface area contributed by atoms with Gasteiger partial charge in [-0.15, -0.1) is 0 Å². The summed E-state index contributed by atoms with van der Waals surface area (Å²) < 4.78 is 11.1. The highest BCUT2D eigenvalue weighted by atomic mass is 35.5. The smallest absolute Gasteiger partial charge is 0.342 e. The number of halogens is 1. The van der Waals surface area contributed by atoms with Crippen LogP contribution < -0.4 is 0 Å². The number of hydrogen-bond acceptors (Lipinski definition) is 8.